The van der Waals surface area contributed by atoms with Crippen LogP contribution < -0.4 is 5.32 Å². The van der Waals surface area contributed by atoms with Gasteiger partial charge in [-0.05, 0) is 25.8 Å². The highest BCUT2D eigenvalue weighted by Gasteiger charge is 2.24. The normalized spacial score (nSPS) is 12.8. The molecule has 0 fully saturated rings. The predicted molar refractivity (Wildman–Crippen MR) is 99.2 cm³/mol. The summed E-state index contributed by atoms with van der Waals surface area (Å²) in [6, 6.07) is 8.22. The van der Waals surface area contributed by atoms with Crippen LogP contribution in [0.2, 0.25) is 0 Å². The van der Waals surface area contributed by atoms with Crippen LogP contribution in [0.1, 0.15) is 30.7 Å². The molecule has 1 aromatic carbocycles. The van der Waals surface area contributed by atoms with Crippen LogP contribution in [-0.2, 0) is 21.1 Å². The number of benzene rings is 1. The SMILES string of the molecule is CCCc1ccc(-c2nc(NC(=O)C(C)S(C)(=O)=O)sc2C)cc1. The van der Waals surface area contributed by atoms with Crippen LogP contribution in [0.15, 0.2) is 24.3 Å². The van der Waals surface area contributed by atoms with Crippen molar-refractivity contribution in [2.24, 2.45) is 0 Å². The van der Waals surface area contributed by atoms with Gasteiger partial charge < -0.3 is 5.32 Å². The number of nitrogens with one attached hydrogen (secondary N) is 1. The molecule has 130 valence electrons. The van der Waals surface area contributed by atoms with Crippen molar-refractivity contribution < 1.29 is 13.2 Å². The number of aromatic nitrogens is 1. The summed E-state index contributed by atoms with van der Waals surface area (Å²) in [4.78, 5) is 17.4. The number of carbonyl (C=O) groups excluding carboxylic acids is 1. The summed E-state index contributed by atoms with van der Waals surface area (Å²) in [6.07, 6.45) is 3.19. The summed E-state index contributed by atoms with van der Waals surface area (Å²) in [5.74, 6) is -0.559. The van der Waals surface area contributed by atoms with Gasteiger partial charge in [0.05, 0.1) is 5.69 Å². The quantitative estimate of drug-likeness (QED) is 0.849. The molecule has 5 nitrogen and oxygen atoms in total. The van der Waals surface area contributed by atoms with Gasteiger partial charge in [-0.3, -0.25) is 4.79 Å². The van der Waals surface area contributed by atoms with E-state index in [0.717, 1.165) is 35.2 Å². The van der Waals surface area contributed by atoms with Gasteiger partial charge in [0, 0.05) is 16.7 Å². The first-order chi connectivity index (χ1) is 11.2. The number of rotatable bonds is 6. The van der Waals surface area contributed by atoms with Gasteiger partial charge in [-0.2, -0.15) is 0 Å². The molecule has 0 aliphatic carbocycles. The number of thiazole rings is 1. The number of anilines is 1. The summed E-state index contributed by atoms with van der Waals surface area (Å²) in [5, 5.41) is 1.92. The molecule has 1 unspecified atom stereocenters. The second kappa shape index (κ2) is 7.44. The third kappa shape index (κ3) is 4.42. The molecule has 24 heavy (non-hydrogen) atoms. The Hall–Kier alpha value is -1.73. The van der Waals surface area contributed by atoms with Gasteiger partial charge in [0.15, 0.2) is 15.0 Å². The lowest BCUT2D eigenvalue weighted by Gasteiger charge is -2.07. The summed E-state index contributed by atoms with van der Waals surface area (Å²) in [7, 11) is -3.42. The smallest absolute Gasteiger partial charge is 0.244 e. The standard InChI is InChI=1S/C17H22N2O3S2/c1-5-6-13-7-9-14(10-8-13)15-11(2)23-17(18-15)19-16(20)12(3)24(4,21)22/h7-10,12H,5-6H2,1-4H3,(H,18,19,20). The number of nitrogens with zero attached hydrogens (tertiary/aromatic N) is 1. The summed E-state index contributed by atoms with van der Waals surface area (Å²) in [6.45, 7) is 5.45. The van der Waals surface area contributed by atoms with Crippen molar-refractivity contribution in [1.82, 2.24) is 4.98 Å². The molecular weight excluding hydrogens is 344 g/mol. The van der Waals surface area contributed by atoms with Gasteiger partial charge in [-0.25, -0.2) is 13.4 Å². The fraction of sp³-hybridized carbons (Fsp3) is 0.412. The van der Waals surface area contributed by atoms with E-state index in [4.69, 9.17) is 0 Å². The van der Waals surface area contributed by atoms with Crippen molar-refractivity contribution in [2.75, 3.05) is 11.6 Å². The fourth-order valence-corrected chi connectivity index (χ4v) is 3.52. The van der Waals surface area contributed by atoms with E-state index in [2.05, 4.69) is 29.4 Å². The Labute approximate surface area is 147 Å². The predicted octanol–water partition coefficient (Wildman–Crippen LogP) is 3.44. The van der Waals surface area contributed by atoms with Crippen LogP contribution in [0.25, 0.3) is 11.3 Å². The minimum absolute atomic E-state index is 0.417. The van der Waals surface area contributed by atoms with E-state index in [1.807, 2.05) is 19.1 Å². The van der Waals surface area contributed by atoms with E-state index < -0.39 is 21.0 Å². The lowest BCUT2D eigenvalue weighted by Crippen LogP contribution is -2.31. The second-order valence-corrected chi connectivity index (χ2v) is 9.40. The van der Waals surface area contributed by atoms with Crippen LogP contribution >= 0.6 is 11.3 Å². The molecule has 0 saturated heterocycles. The number of aryl methyl sites for hydroxylation is 2. The highest BCUT2D eigenvalue weighted by atomic mass is 32.2. The van der Waals surface area contributed by atoms with Crippen molar-refractivity contribution in [2.45, 2.75) is 38.9 Å². The molecule has 0 bridgehead atoms. The van der Waals surface area contributed by atoms with Gasteiger partial charge in [-0.1, -0.05) is 37.6 Å². The lowest BCUT2D eigenvalue weighted by molar-refractivity contribution is -0.115. The maximum absolute atomic E-state index is 12.0. The Kier molecular flexibility index (Phi) is 5.77. The number of amides is 1. The molecule has 0 spiro atoms. The maximum atomic E-state index is 12.0. The lowest BCUT2D eigenvalue weighted by atomic mass is 10.1. The third-order valence-corrected chi connectivity index (χ3v) is 6.19. The Morgan fingerprint density at radius 1 is 1.29 bits per heavy atom. The Morgan fingerprint density at radius 2 is 1.92 bits per heavy atom. The molecule has 7 heteroatoms. The molecule has 2 rings (SSSR count). The molecule has 0 aliphatic rings. The number of carbonyl (C=O) groups is 1. The molecule has 0 saturated carbocycles. The minimum atomic E-state index is -3.42. The summed E-state index contributed by atoms with van der Waals surface area (Å²) in [5.41, 5.74) is 3.08. The second-order valence-electron chi connectivity index (χ2n) is 5.83. The van der Waals surface area contributed by atoms with Crippen LogP contribution in [0, 0.1) is 6.92 Å². The van der Waals surface area contributed by atoms with E-state index >= 15 is 0 Å². The molecule has 0 radical (unpaired) electrons. The molecule has 1 aromatic heterocycles. The fourth-order valence-electron chi connectivity index (χ4n) is 2.24. The van der Waals surface area contributed by atoms with Crippen LogP contribution in [-0.4, -0.2) is 30.8 Å². The largest absolute Gasteiger partial charge is 0.301 e. The van der Waals surface area contributed by atoms with Gasteiger partial charge in [0.1, 0.15) is 5.25 Å². The minimum Gasteiger partial charge on any atom is -0.301 e. The molecule has 1 amide bonds. The first-order valence-electron chi connectivity index (χ1n) is 7.78. The van der Waals surface area contributed by atoms with Crippen molar-refractivity contribution in [3.8, 4) is 11.3 Å². The zero-order valence-corrected chi connectivity index (χ0v) is 15.9. The first kappa shape index (κ1) is 18.6. The van der Waals surface area contributed by atoms with Crippen molar-refractivity contribution in [3.05, 3.63) is 34.7 Å². The molecule has 1 N–H and O–H groups in total. The third-order valence-electron chi connectivity index (χ3n) is 3.80. The van der Waals surface area contributed by atoms with E-state index in [1.165, 1.54) is 23.8 Å². The zero-order chi connectivity index (χ0) is 17.9. The van der Waals surface area contributed by atoms with Crippen molar-refractivity contribution in [1.29, 1.82) is 0 Å². The highest BCUT2D eigenvalue weighted by molar-refractivity contribution is 7.92. The van der Waals surface area contributed by atoms with Crippen molar-refractivity contribution >= 4 is 32.2 Å². The monoisotopic (exact) mass is 366 g/mol. The zero-order valence-electron chi connectivity index (χ0n) is 14.3. The summed E-state index contributed by atoms with van der Waals surface area (Å²) >= 11 is 1.34. The van der Waals surface area contributed by atoms with E-state index in [-0.39, 0.29) is 0 Å². The first-order valence-corrected chi connectivity index (χ1v) is 10.6. The molecule has 0 aliphatic heterocycles. The van der Waals surface area contributed by atoms with Gasteiger partial charge in [0.25, 0.3) is 0 Å². The molecular formula is C17H22N2O3S2. The number of hydrogen-bond acceptors (Lipinski definition) is 5. The average Bonchev–Trinajstić information content (AvgIpc) is 2.87. The molecule has 1 atom stereocenters. The van der Waals surface area contributed by atoms with Gasteiger partial charge in [-0.15, -0.1) is 11.3 Å². The Balaban J connectivity index is 2.19. The van der Waals surface area contributed by atoms with Crippen molar-refractivity contribution in [3.63, 3.8) is 0 Å². The topological polar surface area (TPSA) is 76.1 Å². The van der Waals surface area contributed by atoms with Crippen LogP contribution in [0.4, 0.5) is 5.13 Å². The summed E-state index contributed by atoms with van der Waals surface area (Å²) < 4.78 is 22.9. The van der Waals surface area contributed by atoms with E-state index in [1.54, 1.807) is 0 Å². The van der Waals surface area contributed by atoms with Crippen LogP contribution in [0.5, 0.6) is 0 Å². The Morgan fingerprint density at radius 3 is 2.46 bits per heavy atom. The number of sulfone groups is 1. The number of hydrogen-bond donors (Lipinski definition) is 1. The van der Waals surface area contributed by atoms with Gasteiger partial charge in [0.2, 0.25) is 5.91 Å². The van der Waals surface area contributed by atoms with E-state index in [9.17, 15) is 13.2 Å². The van der Waals surface area contributed by atoms with Crippen LogP contribution in [0.3, 0.4) is 0 Å². The van der Waals surface area contributed by atoms with E-state index in [0.29, 0.717) is 5.13 Å². The highest BCUT2D eigenvalue weighted by Crippen LogP contribution is 2.30. The Bertz CT molecular complexity index is 824. The molecule has 2 aromatic rings. The molecule has 1 heterocycles. The average molecular weight is 367 g/mol. The van der Waals surface area contributed by atoms with Gasteiger partial charge >= 0.3 is 0 Å². The maximum Gasteiger partial charge on any atom is 0.244 e.